The molecule has 0 saturated heterocycles. The Morgan fingerprint density at radius 2 is 1.11 bits per heavy atom. The first kappa shape index (κ1) is 52.4. The third-order valence-electron chi connectivity index (χ3n) is 12.1. The summed E-state index contributed by atoms with van der Waals surface area (Å²) in [7, 11) is -12.9. The number of aryl methyl sites for hydroxylation is 1. The number of sulfonamides is 1. The van der Waals surface area contributed by atoms with Crippen molar-refractivity contribution in [3.05, 3.63) is 29.8 Å². The van der Waals surface area contributed by atoms with Crippen LogP contribution in [0, 0.1) is 12.8 Å². The van der Waals surface area contributed by atoms with E-state index in [4.69, 9.17) is 13.0 Å². The van der Waals surface area contributed by atoms with E-state index in [1.54, 1.807) is 24.3 Å². The Morgan fingerprint density at radius 1 is 0.673 bits per heavy atom. The van der Waals surface area contributed by atoms with Crippen LogP contribution >= 0.6 is 0 Å². The monoisotopic (exact) mass is 848 g/mol. The van der Waals surface area contributed by atoms with Gasteiger partial charge in [0, 0.05) is 0 Å². The highest BCUT2D eigenvalue weighted by Crippen LogP contribution is 2.40. The van der Waals surface area contributed by atoms with E-state index in [0.29, 0.717) is 6.42 Å². The molecule has 4 atom stereocenters. The molecule has 0 bridgehead atoms. The van der Waals surface area contributed by atoms with Gasteiger partial charge in [-0.1, -0.05) is 169 Å². The first-order valence-corrected chi connectivity index (χ1v) is 30.6. The molecule has 1 N–H and O–H groups in total. The van der Waals surface area contributed by atoms with Gasteiger partial charge in [-0.05, 0) is 67.7 Å². The minimum Gasteiger partial charge on any atom is -0.415 e. The van der Waals surface area contributed by atoms with Crippen molar-refractivity contribution in [3.8, 4) is 0 Å². The largest absolute Gasteiger partial charge is 0.415 e. The molecule has 0 aliphatic heterocycles. The van der Waals surface area contributed by atoms with Crippen molar-refractivity contribution in [2.75, 3.05) is 12.9 Å². The van der Waals surface area contributed by atoms with Gasteiger partial charge in [0.2, 0.25) is 10.0 Å². The van der Waals surface area contributed by atoms with Gasteiger partial charge >= 0.3 is 0 Å². The molecule has 0 spiro atoms. The first-order valence-electron chi connectivity index (χ1n) is 21.5. The van der Waals surface area contributed by atoms with Crippen molar-refractivity contribution in [3.63, 3.8) is 0 Å². The van der Waals surface area contributed by atoms with Crippen LogP contribution < -0.4 is 4.72 Å². The lowest BCUT2D eigenvalue weighted by Crippen LogP contribution is -2.59. The molecule has 324 valence electrons. The Morgan fingerprint density at radius 3 is 1.55 bits per heavy atom. The van der Waals surface area contributed by atoms with Crippen LogP contribution in [0.1, 0.15) is 164 Å². The number of nitrogens with one attached hydrogen (secondary N) is 1. The number of unbranched alkanes of at least 4 members (excludes halogenated alkanes) is 11. The molecular formula is C43H85NO7S2Si2. The van der Waals surface area contributed by atoms with Crippen LogP contribution in [-0.2, 0) is 33.2 Å². The molecule has 0 saturated carbocycles. The average Bonchev–Trinajstić information content (AvgIpc) is 3.04. The summed E-state index contributed by atoms with van der Waals surface area (Å²) in [5.74, 6) is 0.840. The standard InChI is InChI=1S/C43H85NO7S2Si2/c1-15-16-17-25-28-36(2)29-26-23-21-19-18-20-22-24-27-30-40(50-52(10,45)46)41(51-55(13,14)43(7,8)9)39(35-49-54(11,12)42(4,5)6)44-53(47,48)38-33-31-37(3)32-34-38/h31-34,36,39-41,44H,15-30,35H2,1-14H3/t36-,39+,40-,41+/m1/s1. The van der Waals surface area contributed by atoms with E-state index in [9.17, 15) is 16.8 Å². The van der Waals surface area contributed by atoms with Gasteiger partial charge in [0.1, 0.15) is 6.10 Å². The summed E-state index contributed by atoms with van der Waals surface area (Å²) < 4.78 is 76.4. The molecule has 8 nitrogen and oxygen atoms in total. The van der Waals surface area contributed by atoms with Crippen molar-refractivity contribution in [2.24, 2.45) is 5.92 Å². The second-order valence-corrected chi connectivity index (χ2v) is 32.4. The molecule has 0 radical (unpaired) electrons. The van der Waals surface area contributed by atoms with Crippen molar-refractivity contribution < 1.29 is 29.9 Å². The van der Waals surface area contributed by atoms with Crippen molar-refractivity contribution in [1.82, 2.24) is 4.72 Å². The highest BCUT2D eigenvalue weighted by Gasteiger charge is 2.46. The molecular weight excluding hydrogens is 763 g/mol. The first-order chi connectivity index (χ1) is 25.2. The van der Waals surface area contributed by atoms with Gasteiger partial charge in [0.05, 0.1) is 29.9 Å². The van der Waals surface area contributed by atoms with E-state index in [2.05, 4.69) is 86.3 Å². The van der Waals surface area contributed by atoms with Gasteiger partial charge < -0.3 is 8.85 Å². The van der Waals surface area contributed by atoms with Crippen LogP contribution in [0.25, 0.3) is 0 Å². The minimum absolute atomic E-state index is 0.0301. The van der Waals surface area contributed by atoms with E-state index in [-0.39, 0.29) is 21.6 Å². The molecule has 1 aromatic carbocycles. The third-order valence-corrected chi connectivity index (χ3v) is 23.2. The minimum atomic E-state index is -4.03. The van der Waals surface area contributed by atoms with Crippen LogP contribution in [0.15, 0.2) is 29.2 Å². The van der Waals surface area contributed by atoms with Crippen LogP contribution in [-0.4, -0.2) is 64.6 Å². The summed E-state index contributed by atoms with van der Waals surface area (Å²) >= 11 is 0. The maximum atomic E-state index is 14.0. The van der Waals surface area contributed by atoms with E-state index >= 15 is 0 Å². The Bertz CT molecular complexity index is 1420. The fourth-order valence-corrected chi connectivity index (χ4v) is 10.5. The zero-order valence-corrected chi connectivity index (χ0v) is 41.4. The van der Waals surface area contributed by atoms with Crippen LogP contribution in [0.5, 0.6) is 0 Å². The second-order valence-electron chi connectivity index (χ2n) is 19.5. The summed E-state index contributed by atoms with van der Waals surface area (Å²) in [6.07, 6.45) is 18.1. The molecule has 0 aliphatic rings. The van der Waals surface area contributed by atoms with Crippen LogP contribution in [0.2, 0.25) is 36.3 Å². The molecule has 0 heterocycles. The van der Waals surface area contributed by atoms with Gasteiger partial charge in [0.15, 0.2) is 16.6 Å². The van der Waals surface area contributed by atoms with Crippen molar-refractivity contribution in [1.29, 1.82) is 0 Å². The number of benzene rings is 1. The lowest BCUT2D eigenvalue weighted by atomic mass is 9.96. The SMILES string of the molecule is CCCCCC[C@@H](C)CCCCCCCCCCC[C@@H](OS(C)(=O)=O)[C@@H](O[Si](C)(C)C(C)(C)C)[C@H](CO[Si](C)(C)C(C)(C)C)NS(=O)(=O)c1ccc(C)cc1. The Balaban J connectivity index is 3.18. The van der Waals surface area contributed by atoms with Gasteiger partial charge in [-0.3, -0.25) is 4.18 Å². The van der Waals surface area contributed by atoms with E-state index < -0.39 is 55.0 Å². The average molecular weight is 848 g/mol. The highest BCUT2D eigenvalue weighted by atomic mass is 32.2. The van der Waals surface area contributed by atoms with Crippen LogP contribution in [0.3, 0.4) is 0 Å². The highest BCUT2D eigenvalue weighted by molar-refractivity contribution is 7.89. The van der Waals surface area contributed by atoms with Gasteiger partial charge in [0.25, 0.3) is 10.1 Å². The smallest absolute Gasteiger partial charge is 0.264 e. The van der Waals surface area contributed by atoms with Gasteiger partial charge in [-0.25, -0.2) is 13.1 Å². The van der Waals surface area contributed by atoms with E-state index in [1.165, 1.54) is 70.6 Å². The Labute approximate surface area is 342 Å². The molecule has 55 heavy (non-hydrogen) atoms. The van der Waals surface area contributed by atoms with Gasteiger partial charge in [-0.2, -0.15) is 8.42 Å². The summed E-state index contributed by atoms with van der Waals surface area (Å²) in [5, 5.41) is -0.355. The maximum Gasteiger partial charge on any atom is 0.264 e. The fourth-order valence-electron chi connectivity index (χ4n) is 6.26. The number of hydrogen-bond acceptors (Lipinski definition) is 7. The van der Waals surface area contributed by atoms with Gasteiger partial charge in [-0.15, -0.1) is 0 Å². The molecule has 0 unspecified atom stereocenters. The fraction of sp³-hybridized carbons (Fsp3) is 0.860. The van der Waals surface area contributed by atoms with E-state index in [1.807, 2.05) is 6.92 Å². The lowest BCUT2D eigenvalue weighted by Gasteiger charge is -2.44. The quantitative estimate of drug-likeness (QED) is 0.0486. The van der Waals surface area contributed by atoms with Crippen LogP contribution in [0.4, 0.5) is 0 Å². The summed E-state index contributed by atoms with van der Waals surface area (Å²) in [5.41, 5.74) is 0.950. The zero-order chi connectivity index (χ0) is 42.1. The molecule has 0 fully saturated rings. The molecule has 1 aromatic rings. The summed E-state index contributed by atoms with van der Waals surface area (Å²) in [6, 6.07) is 5.83. The summed E-state index contributed by atoms with van der Waals surface area (Å²) in [4.78, 5) is 0.134. The molecule has 0 aliphatic carbocycles. The molecule has 1 rings (SSSR count). The molecule has 12 heteroatoms. The molecule has 0 amide bonds. The summed E-state index contributed by atoms with van der Waals surface area (Å²) in [6.45, 7) is 27.9. The predicted octanol–water partition coefficient (Wildman–Crippen LogP) is 12.3. The lowest BCUT2D eigenvalue weighted by molar-refractivity contribution is 0.0105. The van der Waals surface area contributed by atoms with Crippen molar-refractivity contribution in [2.45, 2.75) is 224 Å². The Kier molecular flexibility index (Phi) is 22.7. The second kappa shape index (κ2) is 23.8. The van der Waals surface area contributed by atoms with Crippen molar-refractivity contribution >= 4 is 36.8 Å². The zero-order valence-electron chi connectivity index (χ0n) is 37.8. The third kappa shape index (κ3) is 20.8. The molecule has 0 aromatic heterocycles. The van der Waals surface area contributed by atoms with E-state index in [0.717, 1.165) is 43.4 Å². The Hall–Kier alpha value is -0.606. The normalized spacial score (nSPS) is 15.9. The maximum absolute atomic E-state index is 14.0. The number of rotatable bonds is 29. The topological polar surface area (TPSA) is 108 Å². The predicted molar refractivity (Wildman–Crippen MR) is 239 cm³/mol. The number of hydrogen-bond donors (Lipinski definition) is 1.